The lowest BCUT2D eigenvalue weighted by atomic mass is 9.82. The second kappa shape index (κ2) is 8.70. The Morgan fingerprint density at radius 3 is 2.75 bits per heavy atom. The number of fused-ring (bicyclic) bond motifs is 1. The molecule has 1 saturated heterocycles. The van der Waals surface area contributed by atoms with E-state index in [0.717, 1.165) is 30.8 Å². The molecule has 2 aliphatic heterocycles. The molecule has 0 aromatic heterocycles. The lowest BCUT2D eigenvalue weighted by Crippen LogP contribution is -2.57. The van der Waals surface area contributed by atoms with E-state index in [1.807, 2.05) is 20.8 Å². The molecule has 0 aliphatic carbocycles. The highest BCUT2D eigenvalue weighted by atomic mass is 32.2. The van der Waals surface area contributed by atoms with Crippen LogP contribution < -0.4 is 5.32 Å². The molecule has 2 rings (SSSR count). The van der Waals surface area contributed by atoms with Crippen LogP contribution in [0.1, 0.15) is 47.0 Å². The molecule has 0 radical (unpaired) electrons. The summed E-state index contributed by atoms with van der Waals surface area (Å²) in [5.74, 6) is -0.179. The van der Waals surface area contributed by atoms with Crippen LogP contribution in [0, 0.1) is 17.8 Å². The molecule has 0 spiro atoms. The van der Waals surface area contributed by atoms with Gasteiger partial charge in [0.25, 0.3) is 0 Å². The summed E-state index contributed by atoms with van der Waals surface area (Å²) in [5.41, 5.74) is -0.318. The Morgan fingerprint density at radius 1 is 1.42 bits per heavy atom. The smallest absolute Gasteiger partial charge is 0.167 e. The highest BCUT2D eigenvalue weighted by molar-refractivity contribution is 8.03. The largest absolute Gasteiger partial charge is 0.390 e. The summed E-state index contributed by atoms with van der Waals surface area (Å²) in [6.07, 6.45) is 1.53. The summed E-state index contributed by atoms with van der Waals surface area (Å²) in [6.45, 7) is 8.84. The maximum absolute atomic E-state index is 12.6. The van der Waals surface area contributed by atoms with Crippen LogP contribution in [0.3, 0.4) is 0 Å². The third-order valence-corrected chi connectivity index (χ3v) is 6.12. The van der Waals surface area contributed by atoms with Gasteiger partial charge in [-0.2, -0.15) is 0 Å². The molecule has 2 heterocycles. The first kappa shape index (κ1) is 19.8. The number of thioether (sulfide) groups is 1. The van der Waals surface area contributed by atoms with Crippen molar-refractivity contribution in [3.05, 3.63) is 11.1 Å². The molecular weight excluding hydrogens is 326 g/mol. The van der Waals surface area contributed by atoms with Crippen molar-refractivity contribution >= 4 is 17.5 Å². The molecule has 138 valence electrons. The molecule has 0 bridgehead atoms. The first-order chi connectivity index (χ1) is 11.4. The van der Waals surface area contributed by atoms with Crippen LogP contribution >= 0.6 is 11.8 Å². The van der Waals surface area contributed by atoms with E-state index in [0.29, 0.717) is 0 Å². The van der Waals surface area contributed by atoms with Gasteiger partial charge < -0.3 is 20.3 Å². The lowest BCUT2D eigenvalue weighted by Gasteiger charge is -2.42. The highest BCUT2D eigenvalue weighted by Gasteiger charge is 2.49. The number of ketones is 1. The van der Waals surface area contributed by atoms with E-state index in [2.05, 4.69) is 18.3 Å². The Bertz CT molecular complexity index is 470. The molecule has 7 atom stereocenters. The number of Topliss-reactive ketones (excluding diaryl/α,β-unsaturated/α-hetero) is 1. The molecule has 5 nitrogen and oxygen atoms in total. The molecule has 0 aromatic carbocycles. The Hall–Kier alpha value is -0.560. The molecule has 1 fully saturated rings. The van der Waals surface area contributed by atoms with Gasteiger partial charge in [0.1, 0.15) is 17.6 Å². The molecule has 2 aliphatic rings. The van der Waals surface area contributed by atoms with Crippen molar-refractivity contribution in [3.63, 3.8) is 0 Å². The Labute approximate surface area is 149 Å². The van der Waals surface area contributed by atoms with Gasteiger partial charge in [0.15, 0.2) is 5.78 Å². The topological polar surface area (TPSA) is 78.8 Å². The Morgan fingerprint density at radius 2 is 2.12 bits per heavy atom. The molecule has 0 aromatic rings. The zero-order valence-electron chi connectivity index (χ0n) is 15.1. The molecule has 24 heavy (non-hydrogen) atoms. The molecule has 3 N–H and O–H groups in total. The van der Waals surface area contributed by atoms with Gasteiger partial charge in [0.2, 0.25) is 0 Å². The first-order valence-corrected chi connectivity index (χ1v) is 9.94. The summed E-state index contributed by atoms with van der Waals surface area (Å²) in [5, 5.41) is 25.4. The van der Waals surface area contributed by atoms with E-state index in [9.17, 15) is 15.0 Å². The van der Waals surface area contributed by atoms with Gasteiger partial charge in [0.05, 0.1) is 11.1 Å². The van der Waals surface area contributed by atoms with Crippen molar-refractivity contribution in [2.45, 2.75) is 70.7 Å². The van der Waals surface area contributed by atoms with Crippen molar-refractivity contribution in [1.82, 2.24) is 5.32 Å². The molecule has 2 unspecified atom stereocenters. The average molecular weight is 358 g/mol. The summed E-state index contributed by atoms with van der Waals surface area (Å²) < 4.78 is 6.03. The number of aliphatic hydroxyl groups is 2. The van der Waals surface area contributed by atoms with E-state index in [1.54, 1.807) is 0 Å². The van der Waals surface area contributed by atoms with Gasteiger partial charge in [-0.3, -0.25) is 4.79 Å². The predicted molar refractivity (Wildman–Crippen MR) is 96.4 cm³/mol. The third-order valence-electron chi connectivity index (χ3n) is 4.89. The average Bonchev–Trinajstić information content (AvgIpc) is 2.69. The zero-order valence-corrected chi connectivity index (χ0v) is 15.9. The van der Waals surface area contributed by atoms with Gasteiger partial charge >= 0.3 is 0 Å². The Balaban J connectivity index is 2.17. The number of nitrogens with one attached hydrogen (secondary N) is 1. The minimum atomic E-state index is -1.15. The van der Waals surface area contributed by atoms with Crippen LogP contribution in [0.15, 0.2) is 11.1 Å². The number of hydrogen-bond donors (Lipinski definition) is 3. The second-order valence-corrected chi connectivity index (χ2v) is 8.19. The Kier molecular flexibility index (Phi) is 7.16. The summed E-state index contributed by atoms with van der Waals surface area (Å²) >= 11 is 1.52. The number of aliphatic hydroxyl groups excluding tert-OH is 2. The maximum atomic E-state index is 12.6. The van der Waals surface area contributed by atoms with Crippen molar-refractivity contribution in [1.29, 1.82) is 0 Å². The van der Waals surface area contributed by atoms with Crippen LogP contribution in [0.2, 0.25) is 0 Å². The van der Waals surface area contributed by atoms with Crippen LogP contribution in [-0.4, -0.2) is 46.3 Å². The minimum absolute atomic E-state index is 0.103. The van der Waals surface area contributed by atoms with E-state index in [4.69, 9.17) is 4.74 Å². The SMILES string of the molecule is CCCC(C)C(=O)[C@H]1O[C@@H]2SC(NCC)=CC(C)C[C@@H]2[C@@H](O)[C@@H]1O. The number of rotatable bonds is 6. The summed E-state index contributed by atoms with van der Waals surface area (Å²) in [7, 11) is 0. The zero-order chi connectivity index (χ0) is 17.9. The van der Waals surface area contributed by atoms with E-state index in [1.165, 1.54) is 11.8 Å². The number of carbonyl (C=O) groups excluding carboxylic acids is 1. The van der Waals surface area contributed by atoms with Crippen LogP contribution in [-0.2, 0) is 9.53 Å². The third kappa shape index (κ3) is 4.34. The first-order valence-electron chi connectivity index (χ1n) is 9.06. The van der Waals surface area contributed by atoms with Crippen LogP contribution in [0.25, 0.3) is 0 Å². The van der Waals surface area contributed by atoms with Crippen molar-refractivity contribution in [2.24, 2.45) is 17.8 Å². The van der Waals surface area contributed by atoms with Crippen LogP contribution in [0.5, 0.6) is 0 Å². The molecular formula is C18H31NO4S. The quantitative estimate of drug-likeness (QED) is 0.677. The second-order valence-electron chi connectivity index (χ2n) is 7.05. The number of carbonyl (C=O) groups is 1. The van der Waals surface area contributed by atoms with Gasteiger partial charge in [0, 0.05) is 18.4 Å². The van der Waals surface area contributed by atoms with Crippen molar-refractivity contribution in [3.8, 4) is 0 Å². The number of hydrogen-bond acceptors (Lipinski definition) is 6. The fraction of sp³-hybridized carbons (Fsp3) is 0.833. The highest BCUT2D eigenvalue weighted by Crippen LogP contribution is 2.42. The van der Waals surface area contributed by atoms with E-state index < -0.39 is 18.3 Å². The number of allylic oxidation sites excluding steroid dienone is 1. The van der Waals surface area contributed by atoms with Crippen molar-refractivity contribution in [2.75, 3.05) is 6.54 Å². The van der Waals surface area contributed by atoms with Gasteiger partial charge in [-0.25, -0.2) is 0 Å². The van der Waals surface area contributed by atoms with Gasteiger partial charge in [-0.1, -0.05) is 45.0 Å². The molecule has 0 saturated carbocycles. The lowest BCUT2D eigenvalue weighted by molar-refractivity contribution is -0.186. The van der Waals surface area contributed by atoms with Gasteiger partial charge in [-0.15, -0.1) is 0 Å². The normalized spacial score (nSPS) is 37.8. The maximum Gasteiger partial charge on any atom is 0.167 e. The monoisotopic (exact) mass is 357 g/mol. The van der Waals surface area contributed by atoms with Gasteiger partial charge in [-0.05, 0) is 25.7 Å². The molecule has 0 amide bonds. The minimum Gasteiger partial charge on any atom is -0.390 e. The van der Waals surface area contributed by atoms with Crippen molar-refractivity contribution < 1.29 is 19.7 Å². The van der Waals surface area contributed by atoms with Crippen LogP contribution in [0.4, 0.5) is 0 Å². The fourth-order valence-electron chi connectivity index (χ4n) is 3.57. The van der Waals surface area contributed by atoms with E-state index in [-0.39, 0.29) is 29.0 Å². The summed E-state index contributed by atoms with van der Waals surface area (Å²) in [6, 6.07) is 0. The standard InChI is InChI=1S/C18H31NO4S/c1-5-7-11(4)14(20)17-16(22)15(21)12-8-10(3)9-13(19-6-2)24-18(12)23-17/h9-12,15-19,21-22H,5-8H2,1-4H3/t10?,11?,12-,15-,16+,17-,18-/m1/s1. The number of ether oxygens (including phenoxy) is 1. The van der Waals surface area contributed by atoms with E-state index >= 15 is 0 Å². The predicted octanol–water partition coefficient (Wildman–Crippen LogP) is 2.28. The summed E-state index contributed by atoms with van der Waals surface area (Å²) in [4.78, 5) is 12.6. The molecule has 6 heteroatoms. The fourth-order valence-corrected chi connectivity index (χ4v) is 4.98.